The number of rotatable bonds is 5. The standard InChI is InChI=1S/C23H47N4O4P/c1-11-32(31,12-2)25(18-15-22(7,8)27(30)23(9,10)16-18)19(28)24-17-13-20(3,4)26(29)21(5,6)14-17/h17-18,29-30H,11-16H2,1-10H3,(H,24,28). The van der Waals surface area contributed by atoms with Gasteiger partial charge in [0.05, 0.1) is 0 Å². The van der Waals surface area contributed by atoms with E-state index in [1.807, 2.05) is 69.2 Å². The molecule has 188 valence electrons. The van der Waals surface area contributed by atoms with E-state index in [-0.39, 0.29) is 18.1 Å². The highest BCUT2D eigenvalue weighted by Crippen LogP contribution is 2.54. The molecule has 0 aromatic rings. The van der Waals surface area contributed by atoms with Crippen LogP contribution in [-0.2, 0) is 4.57 Å². The van der Waals surface area contributed by atoms with Crippen molar-refractivity contribution in [3.63, 3.8) is 0 Å². The van der Waals surface area contributed by atoms with Crippen LogP contribution in [0.1, 0.15) is 94.9 Å². The fourth-order valence-electron chi connectivity index (χ4n) is 6.16. The van der Waals surface area contributed by atoms with Crippen molar-refractivity contribution in [2.45, 2.75) is 129 Å². The average molecular weight is 475 g/mol. The van der Waals surface area contributed by atoms with Gasteiger partial charge in [0.15, 0.2) is 7.29 Å². The van der Waals surface area contributed by atoms with Crippen LogP contribution in [-0.4, -0.2) is 77.8 Å². The van der Waals surface area contributed by atoms with Crippen LogP contribution in [0.15, 0.2) is 0 Å². The lowest BCUT2D eigenvalue weighted by atomic mass is 9.78. The molecule has 2 heterocycles. The Morgan fingerprint density at radius 2 is 1.19 bits per heavy atom. The summed E-state index contributed by atoms with van der Waals surface area (Å²) in [5.41, 5.74) is -2.08. The molecule has 0 aromatic heterocycles. The second kappa shape index (κ2) is 8.84. The number of amides is 2. The van der Waals surface area contributed by atoms with Gasteiger partial charge in [0.2, 0.25) is 0 Å². The van der Waals surface area contributed by atoms with Crippen LogP contribution >= 0.6 is 7.29 Å². The number of urea groups is 1. The highest BCUT2D eigenvalue weighted by atomic mass is 31.2. The van der Waals surface area contributed by atoms with E-state index in [2.05, 4.69) is 5.32 Å². The van der Waals surface area contributed by atoms with Gasteiger partial charge in [-0.3, -0.25) is 4.67 Å². The molecule has 0 saturated carbocycles. The molecule has 0 bridgehead atoms. The van der Waals surface area contributed by atoms with E-state index < -0.39 is 29.4 Å². The first kappa shape index (κ1) is 27.6. The molecule has 2 rings (SSSR count). The average Bonchev–Trinajstić information content (AvgIpc) is 2.63. The zero-order valence-corrected chi connectivity index (χ0v) is 22.8. The second-order valence-electron chi connectivity index (χ2n) is 12.3. The molecule has 0 unspecified atom stereocenters. The van der Waals surface area contributed by atoms with Crippen LogP contribution in [0.2, 0.25) is 0 Å². The SMILES string of the molecule is CCP(=O)(CC)N(C(=O)NC1CC(C)(C)N(O)C(C)(C)C1)C1CC(C)(C)N(O)C(C)(C)C1. The van der Waals surface area contributed by atoms with Crippen molar-refractivity contribution >= 4 is 13.3 Å². The summed E-state index contributed by atoms with van der Waals surface area (Å²) in [6, 6.07) is -0.671. The molecular weight excluding hydrogens is 427 g/mol. The van der Waals surface area contributed by atoms with E-state index in [0.29, 0.717) is 38.0 Å². The lowest BCUT2D eigenvalue weighted by Gasteiger charge is -2.55. The van der Waals surface area contributed by atoms with Crippen molar-refractivity contribution in [3.8, 4) is 0 Å². The number of hydrogen-bond acceptors (Lipinski definition) is 6. The zero-order chi connectivity index (χ0) is 24.9. The molecule has 3 N–H and O–H groups in total. The van der Waals surface area contributed by atoms with Gasteiger partial charge in [-0.25, -0.2) is 4.79 Å². The molecule has 9 heteroatoms. The molecule has 32 heavy (non-hydrogen) atoms. The third-order valence-corrected chi connectivity index (χ3v) is 10.8. The maximum atomic E-state index is 14.0. The Morgan fingerprint density at radius 3 is 1.53 bits per heavy atom. The Bertz CT molecular complexity index is 708. The molecular formula is C23H47N4O4P. The molecule has 0 spiro atoms. The topological polar surface area (TPSA) is 96.4 Å². The van der Waals surface area contributed by atoms with E-state index in [9.17, 15) is 19.8 Å². The van der Waals surface area contributed by atoms with Crippen molar-refractivity contribution in [1.29, 1.82) is 0 Å². The van der Waals surface area contributed by atoms with E-state index >= 15 is 0 Å². The molecule has 8 nitrogen and oxygen atoms in total. The van der Waals surface area contributed by atoms with Gasteiger partial charge >= 0.3 is 6.03 Å². The van der Waals surface area contributed by atoms with Gasteiger partial charge in [-0.2, -0.15) is 10.1 Å². The van der Waals surface area contributed by atoms with E-state index in [4.69, 9.17) is 0 Å². The minimum Gasteiger partial charge on any atom is -0.335 e. The minimum atomic E-state index is -2.93. The summed E-state index contributed by atoms with van der Waals surface area (Å²) < 4.78 is 15.6. The predicted molar refractivity (Wildman–Crippen MR) is 129 cm³/mol. The summed E-state index contributed by atoms with van der Waals surface area (Å²) >= 11 is 0. The van der Waals surface area contributed by atoms with E-state index in [0.717, 1.165) is 0 Å². The highest BCUT2D eigenvalue weighted by Gasteiger charge is 2.51. The Hall–Kier alpha value is -0.660. The Labute approximate surface area is 195 Å². The van der Waals surface area contributed by atoms with Crippen LogP contribution in [0.3, 0.4) is 0 Å². The maximum Gasteiger partial charge on any atom is 0.323 e. The minimum absolute atomic E-state index is 0.139. The largest absolute Gasteiger partial charge is 0.335 e. The summed E-state index contributed by atoms with van der Waals surface area (Å²) in [4.78, 5) is 13.8. The molecule has 0 aliphatic carbocycles. The summed E-state index contributed by atoms with van der Waals surface area (Å²) in [7, 11) is -2.93. The summed E-state index contributed by atoms with van der Waals surface area (Å²) in [6.07, 6.45) is 3.11. The van der Waals surface area contributed by atoms with Crippen molar-refractivity contribution in [1.82, 2.24) is 20.1 Å². The van der Waals surface area contributed by atoms with Crippen LogP contribution in [0.5, 0.6) is 0 Å². The number of nitrogens with one attached hydrogen (secondary N) is 1. The lowest BCUT2D eigenvalue weighted by Crippen LogP contribution is -2.65. The first-order chi connectivity index (χ1) is 14.3. The van der Waals surface area contributed by atoms with Crippen LogP contribution in [0, 0.1) is 0 Å². The van der Waals surface area contributed by atoms with E-state index in [1.165, 1.54) is 10.1 Å². The van der Waals surface area contributed by atoms with Gasteiger partial charge in [0.1, 0.15) is 0 Å². The number of carbonyl (C=O) groups excluding carboxylic acids is 1. The Balaban J connectivity index is 2.38. The molecule has 0 atom stereocenters. The molecule has 2 amide bonds. The number of nitrogens with zero attached hydrogens (tertiary/aromatic N) is 3. The number of hydroxylamine groups is 4. The van der Waals surface area contributed by atoms with Gasteiger partial charge in [-0.05, 0) is 81.1 Å². The van der Waals surface area contributed by atoms with Gasteiger partial charge in [-0.1, -0.05) is 13.8 Å². The first-order valence-corrected chi connectivity index (χ1v) is 14.0. The fourth-order valence-corrected chi connectivity index (χ4v) is 8.37. The smallest absolute Gasteiger partial charge is 0.323 e. The Kier molecular flexibility index (Phi) is 7.62. The Morgan fingerprint density at radius 1 is 0.844 bits per heavy atom. The summed E-state index contributed by atoms with van der Waals surface area (Å²) in [6.45, 7) is 19.5. The monoisotopic (exact) mass is 474 g/mol. The van der Waals surface area contributed by atoms with Crippen molar-refractivity contribution < 1.29 is 19.8 Å². The number of carbonyl (C=O) groups is 1. The van der Waals surface area contributed by atoms with Crippen molar-refractivity contribution in [2.24, 2.45) is 0 Å². The van der Waals surface area contributed by atoms with Crippen molar-refractivity contribution in [2.75, 3.05) is 12.3 Å². The molecule has 2 saturated heterocycles. The first-order valence-electron chi connectivity index (χ1n) is 12.0. The van der Waals surface area contributed by atoms with Gasteiger partial charge < -0.3 is 20.3 Å². The predicted octanol–water partition coefficient (Wildman–Crippen LogP) is 5.14. The normalized spacial score (nSPS) is 26.6. The van der Waals surface area contributed by atoms with Gasteiger partial charge in [-0.15, -0.1) is 0 Å². The zero-order valence-electron chi connectivity index (χ0n) is 21.9. The quantitative estimate of drug-likeness (QED) is 0.478. The van der Waals surface area contributed by atoms with Gasteiger partial charge in [0.25, 0.3) is 0 Å². The summed E-state index contributed by atoms with van der Waals surface area (Å²) in [5.74, 6) is 0. The van der Waals surface area contributed by atoms with Gasteiger partial charge in [0, 0.05) is 46.6 Å². The molecule has 2 aliphatic heterocycles. The molecule has 2 aliphatic rings. The molecule has 0 radical (unpaired) electrons. The maximum absolute atomic E-state index is 14.0. The van der Waals surface area contributed by atoms with Crippen LogP contribution in [0.25, 0.3) is 0 Å². The number of piperidine rings is 2. The highest BCUT2D eigenvalue weighted by molar-refractivity contribution is 7.62. The van der Waals surface area contributed by atoms with Crippen molar-refractivity contribution in [3.05, 3.63) is 0 Å². The third-order valence-electron chi connectivity index (χ3n) is 7.52. The summed E-state index contributed by atoms with van der Waals surface area (Å²) in [5, 5.41) is 27.3. The lowest BCUT2D eigenvalue weighted by molar-refractivity contribution is -0.248. The van der Waals surface area contributed by atoms with E-state index in [1.54, 1.807) is 4.67 Å². The van der Waals surface area contributed by atoms with Crippen LogP contribution < -0.4 is 5.32 Å². The third kappa shape index (κ3) is 5.20. The number of hydrogen-bond donors (Lipinski definition) is 3. The molecule has 0 aromatic carbocycles. The fraction of sp³-hybridized carbons (Fsp3) is 0.957. The second-order valence-corrected chi connectivity index (χ2v) is 15.7. The van der Waals surface area contributed by atoms with Crippen LogP contribution in [0.4, 0.5) is 4.79 Å². The molecule has 2 fully saturated rings.